The predicted octanol–water partition coefficient (Wildman–Crippen LogP) is 3.39. The second kappa shape index (κ2) is 7.23. The molecule has 0 unspecified atom stereocenters. The van der Waals surface area contributed by atoms with Crippen molar-refractivity contribution in [2.75, 3.05) is 5.32 Å². The van der Waals surface area contributed by atoms with Gasteiger partial charge in [0.05, 0.1) is 6.26 Å². The van der Waals surface area contributed by atoms with Gasteiger partial charge in [-0.25, -0.2) is 4.98 Å². The molecule has 8 nitrogen and oxygen atoms in total. The van der Waals surface area contributed by atoms with Gasteiger partial charge in [-0.3, -0.25) is 14.6 Å². The first-order chi connectivity index (χ1) is 13.9. The molecule has 3 heterocycles. The Morgan fingerprint density at radius 1 is 1.14 bits per heavy atom. The van der Waals surface area contributed by atoms with E-state index in [-0.39, 0.29) is 17.4 Å². The van der Waals surface area contributed by atoms with Crippen LogP contribution < -0.4 is 10.9 Å². The summed E-state index contributed by atoms with van der Waals surface area (Å²) in [6.45, 7) is 5.31. The minimum absolute atomic E-state index is 0.205. The molecule has 0 atom stereocenters. The highest BCUT2D eigenvalue weighted by Gasteiger charge is 2.18. The molecule has 4 rings (SSSR count). The van der Waals surface area contributed by atoms with Gasteiger partial charge >= 0.3 is 0 Å². The van der Waals surface area contributed by atoms with E-state index >= 15 is 0 Å². The summed E-state index contributed by atoms with van der Waals surface area (Å²) < 4.78 is 6.81. The molecule has 0 spiro atoms. The maximum atomic E-state index is 12.8. The Labute approximate surface area is 166 Å². The van der Waals surface area contributed by atoms with Gasteiger partial charge in [0.15, 0.2) is 5.76 Å². The molecular formula is C21H19N5O3. The number of H-pyrrole nitrogens is 1. The molecule has 29 heavy (non-hydrogen) atoms. The zero-order valence-electron chi connectivity index (χ0n) is 16.2. The van der Waals surface area contributed by atoms with Gasteiger partial charge in [0.25, 0.3) is 11.5 Å². The van der Waals surface area contributed by atoms with Crippen LogP contribution in [0, 0.1) is 20.8 Å². The van der Waals surface area contributed by atoms with Crippen molar-refractivity contribution in [2.24, 2.45) is 0 Å². The van der Waals surface area contributed by atoms with Crippen molar-refractivity contribution >= 4 is 11.7 Å². The fraction of sp³-hybridized carbons (Fsp3) is 0.143. The van der Waals surface area contributed by atoms with Crippen LogP contribution in [0.3, 0.4) is 0 Å². The van der Waals surface area contributed by atoms with E-state index in [1.165, 1.54) is 10.9 Å². The van der Waals surface area contributed by atoms with E-state index in [0.717, 1.165) is 5.56 Å². The molecule has 0 radical (unpaired) electrons. The van der Waals surface area contributed by atoms with Crippen LogP contribution >= 0.6 is 0 Å². The lowest BCUT2D eigenvalue weighted by Gasteiger charge is -2.10. The van der Waals surface area contributed by atoms with Crippen LogP contribution in [-0.2, 0) is 0 Å². The van der Waals surface area contributed by atoms with Crippen molar-refractivity contribution in [3.05, 3.63) is 81.5 Å². The Balaban J connectivity index is 1.81. The van der Waals surface area contributed by atoms with Crippen molar-refractivity contribution < 1.29 is 9.21 Å². The first-order valence-electron chi connectivity index (χ1n) is 9.03. The highest BCUT2D eigenvalue weighted by atomic mass is 16.3. The number of nitrogens with zero attached hydrogens (tertiary/aromatic N) is 3. The summed E-state index contributed by atoms with van der Waals surface area (Å²) in [7, 11) is 0. The number of carbonyl (C=O) groups excluding carboxylic acids is 1. The molecule has 0 aliphatic carbocycles. The number of hydrogen-bond donors (Lipinski definition) is 2. The van der Waals surface area contributed by atoms with E-state index < -0.39 is 0 Å². The Hall–Kier alpha value is -3.94. The van der Waals surface area contributed by atoms with Crippen LogP contribution in [0.15, 0.2) is 57.9 Å². The molecule has 0 saturated heterocycles. The molecule has 3 aromatic heterocycles. The van der Waals surface area contributed by atoms with Gasteiger partial charge in [0.2, 0.25) is 5.95 Å². The van der Waals surface area contributed by atoms with Gasteiger partial charge in [-0.1, -0.05) is 18.2 Å². The second-order valence-corrected chi connectivity index (χ2v) is 6.67. The molecular weight excluding hydrogens is 370 g/mol. The average molecular weight is 389 g/mol. The average Bonchev–Trinajstić information content (AvgIpc) is 3.36. The number of anilines is 1. The smallest absolute Gasteiger partial charge is 0.257 e. The largest absolute Gasteiger partial charge is 0.463 e. The standard InChI is InChI=1S/C21H19N5O3/c1-12-7-4-5-8-15(12)20(28)23-18-11-16(17-9-6-10-29-17)25-26(18)21-22-14(3)13(2)19(27)24-21/h4-11H,1-3H3,(H,23,28)(H,22,24,27). The third-order valence-corrected chi connectivity index (χ3v) is 4.70. The van der Waals surface area contributed by atoms with Gasteiger partial charge in [-0.15, -0.1) is 0 Å². The Morgan fingerprint density at radius 2 is 1.93 bits per heavy atom. The van der Waals surface area contributed by atoms with Crippen molar-refractivity contribution in [1.82, 2.24) is 19.7 Å². The number of aromatic amines is 1. The predicted molar refractivity (Wildman–Crippen MR) is 108 cm³/mol. The molecule has 0 fully saturated rings. The number of furan rings is 1. The first kappa shape index (κ1) is 18.4. The van der Waals surface area contributed by atoms with E-state index in [0.29, 0.717) is 34.1 Å². The van der Waals surface area contributed by atoms with Crippen LogP contribution in [0.5, 0.6) is 0 Å². The Bertz CT molecular complexity index is 1250. The lowest BCUT2D eigenvalue weighted by molar-refractivity contribution is 0.102. The van der Waals surface area contributed by atoms with E-state index in [1.807, 2.05) is 19.1 Å². The van der Waals surface area contributed by atoms with E-state index in [4.69, 9.17) is 4.42 Å². The lowest BCUT2D eigenvalue weighted by Crippen LogP contribution is -2.21. The normalized spacial score (nSPS) is 10.9. The summed E-state index contributed by atoms with van der Waals surface area (Å²) in [5.41, 5.74) is 2.73. The molecule has 0 aliphatic heterocycles. The van der Waals surface area contributed by atoms with Crippen LogP contribution in [0.1, 0.15) is 27.2 Å². The first-order valence-corrected chi connectivity index (χ1v) is 9.03. The molecule has 2 N–H and O–H groups in total. The van der Waals surface area contributed by atoms with Crippen LogP contribution in [0.2, 0.25) is 0 Å². The van der Waals surface area contributed by atoms with Crippen LogP contribution in [-0.4, -0.2) is 25.7 Å². The number of aromatic nitrogens is 4. The van der Waals surface area contributed by atoms with E-state index in [2.05, 4.69) is 20.4 Å². The number of hydrogen-bond acceptors (Lipinski definition) is 5. The summed E-state index contributed by atoms with van der Waals surface area (Å²) in [6, 6.07) is 12.5. The highest BCUT2D eigenvalue weighted by Crippen LogP contribution is 2.24. The molecule has 0 bridgehead atoms. The van der Waals surface area contributed by atoms with Crippen LogP contribution in [0.4, 0.5) is 5.82 Å². The summed E-state index contributed by atoms with van der Waals surface area (Å²) in [6.07, 6.45) is 1.54. The molecule has 146 valence electrons. The van der Waals surface area contributed by atoms with Gasteiger partial charge in [0, 0.05) is 22.9 Å². The highest BCUT2D eigenvalue weighted by molar-refractivity contribution is 6.05. The maximum Gasteiger partial charge on any atom is 0.257 e. The molecule has 1 amide bonds. The summed E-state index contributed by atoms with van der Waals surface area (Å²) in [5, 5.41) is 7.34. The van der Waals surface area contributed by atoms with Crippen molar-refractivity contribution in [3.63, 3.8) is 0 Å². The SMILES string of the molecule is Cc1ccccc1C(=O)Nc1cc(-c2ccco2)nn1-c1nc(C)c(C)c(=O)[nH]1. The van der Waals surface area contributed by atoms with Crippen molar-refractivity contribution in [3.8, 4) is 17.4 Å². The summed E-state index contributed by atoms with van der Waals surface area (Å²) in [4.78, 5) is 32.2. The number of rotatable bonds is 4. The molecule has 1 aromatic carbocycles. The monoisotopic (exact) mass is 389 g/mol. The third-order valence-electron chi connectivity index (χ3n) is 4.70. The van der Waals surface area contributed by atoms with E-state index in [1.54, 1.807) is 44.2 Å². The number of carbonyl (C=O) groups is 1. The maximum absolute atomic E-state index is 12.8. The minimum Gasteiger partial charge on any atom is -0.463 e. The molecule has 0 aliphatic rings. The van der Waals surface area contributed by atoms with Crippen LogP contribution in [0.25, 0.3) is 17.4 Å². The summed E-state index contributed by atoms with van der Waals surface area (Å²) >= 11 is 0. The molecule has 8 heteroatoms. The topological polar surface area (TPSA) is 106 Å². The van der Waals surface area contributed by atoms with Crippen molar-refractivity contribution in [2.45, 2.75) is 20.8 Å². The quantitative estimate of drug-likeness (QED) is 0.556. The summed E-state index contributed by atoms with van der Waals surface area (Å²) in [5.74, 6) is 0.801. The third kappa shape index (κ3) is 3.47. The number of nitrogens with one attached hydrogen (secondary N) is 2. The molecule has 4 aromatic rings. The van der Waals surface area contributed by atoms with E-state index in [9.17, 15) is 9.59 Å². The minimum atomic E-state index is -0.290. The zero-order chi connectivity index (χ0) is 20.5. The fourth-order valence-electron chi connectivity index (χ4n) is 2.92. The number of aryl methyl sites for hydroxylation is 2. The fourth-order valence-corrected chi connectivity index (χ4v) is 2.92. The Kier molecular flexibility index (Phi) is 4.59. The van der Waals surface area contributed by atoms with Gasteiger partial charge in [-0.05, 0) is 44.5 Å². The van der Waals surface area contributed by atoms with Gasteiger partial charge in [-0.2, -0.15) is 9.78 Å². The zero-order valence-corrected chi connectivity index (χ0v) is 16.2. The molecule has 0 saturated carbocycles. The van der Waals surface area contributed by atoms with Gasteiger partial charge in [0.1, 0.15) is 11.5 Å². The number of benzene rings is 1. The lowest BCUT2D eigenvalue weighted by atomic mass is 10.1. The second-order valence-electron chi connectivity index (χ2n) is 6.67. The van der Waals surface area contributed by atoms with Gasteiger partial charge < -0.3 is 9.73 Å². The number of amides is 1. The Morgan fingerprint density at radius 3 is 2.62 bits per heavy atom. The van der Waals surface area contributed by atoms with Crippen molar-refractivity contribution in [1.29, 1.82) is 0 Å².